The van der Waals surface area contributed by atoms with Crippen LogP contribution in [0.15, 0.2) is 29.4 Å². The van der Waals surface area contributed by atoms with Crippen molar-refractivity contribution < 1.29 is 18.0 Å². The minimum absolute atomic E-state index is 0.164. The highest BCUT2D eigenvalue weighted by atomic mass is 32.2. The van der Waals surface area contributed by atoms with E-state index in [1.165, 1.54) is 0 Å². The molecular formula is C24H25N5O4S. The van der Waals surface area contributed by atoms with Crippen LogP contribution >= 0.6 is 0 Å². The Bertz CT molecular complexity index is 1360. The highest BCUT2D eigenvalue weighted by Gasteiger charge is 2.60. The number of benzene rings is 1. The zero-order valence-electron chi connectivity index (χ0n) is 18.9. The van der Waals surface area contributed by atoms with E-state index in [1.54, 1.807) is 28.8 Å². The Kier molecular flexibility index (Phi) is 4.65. The van der Waals surface area contributed by atoms with Gasteiger partial charge in [0.05, 0.1) is 21.6 Å². The Morgan fingerprint density at radius 1 is 1.24 bits per heavy atom. The molecule has 2 fully saturated rings. The molecule has 2 aliphatic carbocycles. The van der Waals surface area contributed by atoms with Gasteiger partial charge in [0.2, 0.25) is 0 Å². The lowest BCUT2D eigenvalue weighted by Gasteiger charge is -2.31. The fourth-order valence-electron chi connectivity index (χ4n) is 5.17. The number of aromatic nitrogens is 2. The maximum atomic E-state index is 13.4. The normalized spacial score (nSPS) is 23.2. The van der Waals surface area contributed by atoms with E-state index in [2.05, 4.69) is 16.3 Å². The van der Waals surface area contributed by atoms with Crippen LogP contribution in [-0.2, 0) is 28.1 Å². The summed E-state index contributed by atoms with van der Waals surface area (Å²) in [5.74, 6) is -0.164. The zero-order valence-corrected chi connectivity index (χ0v) is 19.7. The molecule has 176 valence electrons. The predicted molar refractivity (Wildman–Crippen MR) is 123 cm³/mol. The summed E-state index contributed by atoms with van der Waals surface area (Å²) in [6, 6.07) is 9.34. The number of hydrogen-bond acceptors (Lipinski definition) is 7. The van der Waals surface area contributed by atoms with Crippen LogP contribution < -0.4 is 0 Å². The van der Waals surface area contributed by atoms with Crippen LogP contribution in [0.3, 0.4) is 0 Å². The first-order chi connectivity index (χ1) is 16.3. The Labute approximate surface area is 197 Å². The van der Waals surface area contributed by atoms with Gasteiger partial charge in [0.1, 0.15) is 17.1 Å². The smallest absolute Gasteiger partial charge is 0.272 e. The molecule has 2 aliphatic heterocycles. The van der Waals surface area contributed by atoms with E-state index in [0.717, 1.165) is 24.0 Å². The van der Waals surface area contributed by atoms with E-state index in [1.807, 2.05) is 12.1 Å². The van der Waals surface area contributed by atoms with Crippen molar-refractivity contribution in [3.05, 3.63) is 52.3 Å². The average molecular weight is 480 g/mol. The summed E-state index contributed by atoms with van der Waals surface area (Å²) in [4.78, 5) is 20.8. The summed E-state index contributed by atoms with van der Waals surface area (Å²) in [6.07, 6.45) is 3.65. The van der Waals surface area contributed by atoms with Crippen LogP contribution in [0.4, 0.5) is 0 Å². The first-order valence-corrected chi connectivity index (χ1v) is 13.2. The van der Waals surface area contributed by atoms with Gasteiger partial charge in [0.15, 0.2) is 15.9 Å². The summed E-state index contributed by atoms with van der Waals surface area (Å²) in [6.45, 7) is 0.745. The molecule has 0 radical (unpaired) electrons. The number of fused-ring (bicyclic) bond motifs is 1. The van der Waals surface area contributed by atoms with Gasteiger partial charge in [-0.2, -0.15) is 10.4 Å². The molecular weight excluding hydrogens is 454 g/mol. The van der Waals surface area contributed by atoms with Crippen molar-refractivity contribution in [2.75, 3.05) is 13.1 Å². The summed E-state index contributed by atoms with van der Waals surface area (Å²) in [5.41, 5.74) is 4.24. The summed E-state index contributed by atoms with van der Waals surface area (Å²) < 4.78 is 26.7. The van der Waals surface area contributed by atoms with Gasteiger partial charge < -0.3 is 9.74 Å². The van der Waals surface area contributed by atoms with Crippen molar-refractivity contribution in [3.63, 3.8) is 0 Å². The van der Waals surface area contributed by atoms with Gasteiger partial charge in [0, 0.05) is 32.1 Å². The van der Waals surface area contributed by atoms with Crippen LogP contribution in [0, 0.1) is 11.3 Å². The van der Waals surface area contributed by atoms with Crippen LogP contribution in [0.5, 0.6) is 0 Å². The number of carbonyl (C=O) groups excluding carboxylic acids is 1. The molecule has 4 aliphatic rings. The van der Waals surface area contributed by atoms with Crippen LogP contribution in [0.25, 0.3) is 0 Å². The van der Waals surface area contributed by atoms with Crippen molar-refractivity contribution in [2.24, 2.45) is 12.2 Å². The molecule has 1 aromatic carbocycles. The number of nitrogens with zero attached hydrogens (tertiary/aromatic N) is 5. The fraction of sp³-hybridized carbons (Fsp3) is 0.500. The molecule has 0 spiro atoms. The Morgan fingerprint density at radius 2 is 1.97 bits per heavy atom. The Morgan fingerprint density at radius 3 is 2.62 bits per heavy atom. The average Bonchev–Trinajstić information content (AvgIpc) is 3.75. The van der Waals surface area contributed by atoms with Gasteiger partial charge in [-0.05, 0) is 49.8 Å². The summed E-state index contributed by atoms with van der Waals surface area (Å²) in [5, 5.41) is 17.7. The lowest BCUT2D eigenvalue weighted by molar-refractivity contribution is 0.0724. The SMILES string of the molecule is Cn1nc(C2=NOC(c3ccc(C#N)cc3)C2)c2c1C(=O)N(CC1(S(=O)(=O)C3CC3)CC1)CC2. The number of sulfone groups is 1. The monoisotopic (exact) mass is 479 g/mol. The molecule has 1 atom stereocenters. The second-order valence-corrected chi connectivity index (χ2v) is 12.4. The van der Waals surface area contributed by atoms with E-state index < -0.39 is 14.6 Å². The van der Waals surface area contributed by atoms with Crippen LogP contribution in [0.1, 0.15) is 71.1 Å². The Balaban J connectivity index is 1.21. The molecule has 3 heterocycles. The number of oxime groups is 1. The zero-order chi connectivity index (χ0) is 23.7. The second-order valence-electron chi connectivity index (χ2n) is 9.77. The van der Waals surface area contributed by atoms with Crippen molar-refractivity contribution >= 4 is 21.5 Å². The van der Waals surface area contributed by atoms with E-state index in [-0.39, 0.29) is 23.8 Å². The molecule has 1 amide bonds. The first kappa shape index (κ1) is 21.4. The van der Waals surface area contributed by atoms with Crippen molar-refractivity contribution in [2.45, 2.75) is 54.6 Å². The van der Waals surface area contributed by atoms with Crippen molar-refractivity contribution in [1.29, 1.82) is 5.26 Å². The van der Waals surface area contributed by atoms with Crippen molar-refractivity contribution in [1.82, 2.24) is 14.7 Å². The summed E-state index contributed by atoms with van der Waals surface area (Å²) >= 11 is 0. The predicted octanol–water partition coefficient (Wildman–Crippen LogP) is 2.27. The number of rotatable bonds is 6. The third kappa shape index (κ3) is 3.25. The third-order valence-corrected chi connectivity index (χ3v) is 10.6. The topological polar surface area (TPSA) is 118 Å². The molecule has 0 saturated heterocycles. The van der Waals surface area contributed by atoms with Crippen molar-refractivity contribution in [3.8, 4) is 6.07 Å². The molecule has 2 aromatic rings. The van der Waals surface area contributed by atoms with Crippen LogP contribution in [-0.4, -0.2) is 57.8 Å². The van der Waals surface area contributed by atoms with Gasteiger partial charge in [-0.1, -0.05) is 17.3 Å². The minimum Gasteiger partial charge on any atom is -0.387 e. The van der Waals surface area contributed by atoms with E-state index in [4.69, 9.17) is 10.1 Å². The quantitative estimate of drug-likeness (QED) is 0.627. The Hall–Kier alpha value is -3.19. The maximum absolute atomic E-state index is 13.4. The molecule has 0 bridgehead atoms. The van der Waals surface area contributed by atoms with E-state index in [0.29, 0.717) is 54.9 Å². The number of aryl methyl sites for hydroxylation is 1. The molecule has 1 aromatic heterocycles. The van der Waals surface area contributed by atoms with E-state index in [9.17, 15) is 13.2 Å². The standard InChI is InChI=1S/C24H25N5O4S/c1-28-22-18(8-11-29(23(22)30)14-24(9-10-24)34(31,32)17-6-7-17)21(26-28)19-12-20(33-27-19)16-4-2-15(13-25)3-5-16/h2-5,17,20H,6-12,14H2,1H3. The number of carbonyl (C=O) groups is 1. The van der Waals surface area contributed by atoms with Gasteiger partial charge in [-0.15, -0.1) is 0 Å². The molecule has 2 saturated carbocycles. The molecule has 34 heavy (non-hydrogen) atoms. The number of amides is 1. The summed E-state index contributed by atoms with van der Waals surface area (Å²) in [7, 11) is -1.44. The number of hydrogen-bond donors (Lipinski definition) is 0. The third-order valence-electron chi connectivity index (χ3n) is 7.47. The van der Waals surface area contributed by atoms with E-state index >= 15 is 0 Å². The minimum atomic E-state index is -3.18. The van der Waals surface area contributed by atoms with Gasteiger partial charge in [-0.25, -0.2) is 8.42 Å². The van der Waals surface area contributed by atoms with Gasteiger partial charge in [-0.3, -0.25) is 9.48 Å². The molecule has 10 heteroatoms. The van der Waals surface area contributed by atoms with Gasteiger partial charge >= 0.3 is 0 Å². The molecule has 0 N–H and O–H groups in total. The molecule has 1 unspecified atom stereocenters. The fourth-order valence-corrected chi connectivity index (χ4v) is 7.64. The first-order valence-electron chi connectivity index (χ1n) is 11.6. The van der Waals surface area contributed by atoms with Crippen LogP contribution in [0.2, 0.25) is 0 Å². The number of nitriles is 1. The maximum Gasteiger partial charge on any atom is 0.272 e. The lowest BCUT2D eigenvalue weighted by atomic mass is 9.97. The second kappa shape index (κ2) is 7.40. The lowest BCUT2D eigenvalue weighted by Crippen LogP contribution is -2.46. The molecule has 9 nitrogen and oxygen atoms in total. The highest BCUT2D eigenvalue weighted by Crippen LogP contribution is 2.51. The van der Waals surface area contributed by atoms with Gasteiger partial charge in [0.25, 0.3) is 5.91 Å². The largest absolute Gasteiger partial charge is 0.387 e. The molecule has 6 rings (SSSR count). The highest BCUT2D eigenvalue weighted by molar-refractivity contribution is 7.94.